The smallest absolute Gasteiger partial charge is 0.324 e. The van der Waals surface area contributed by atoms with Crippen LogP contribution in [0.2, 0.25) is 0 Å². The molecule has 0 aliphatic rings. The summed E-state index contributed by atoms with van der Waals surface area (Å²) in [5, 5.41) is 0. The Morgan fingerprint density at radius 3 is 1.45 bits per heavy atom. The Morgan fingerprint density at radius 1 is 0.879 bits per heavy atom. The van der Waals surface area contributed by atoms with Gasteiger partial charge in [-0.3, -0.25) is 13.9 Å². The lowest BCUT2D eigenvalue weighted by Crippen LogP contribution is -2.41. The molecule has 4 N–H and O–H groups in total. The second-order valence-corrected chi connectivity index (χ2v) is 10.0. The molecule has 0 amide bonds. The number of carbonyl (C=O) groups excluding carboxylic acids is 1. The van der Waals surface area contributed by atoms with Crippen LogP contribution in [-0.4, -0.2) is 70.1 Å². The Morgan fingerprint density at radius 2 is 1.21 bits per heavy atom. The Hall–Kier alpha value is -2.35. The molecule has 0 fully saturated rings. The van der Waals surface area contributed by atoms with Crippen molar-refractivity contribution in [2.75, 3.05) is 27.2 Å². The zero-order valence-corrected chi connectivity index (χ0v) is 20.9. The fourth-order valence-corrected chi connectivity index (χ4v) is 3.10. The first-order valence-corrected chi connectivity index (χ1v) is 12.6. The SMILES string of the molecule is CCOC(=O)C(N)CN(C)C.Cc1ccc(S(=O)(=O)O)cc1.Cc1ccc(S(=O)(=O)O)cc1. The van der Waals surface area contributed by atoms with Gasteiger partial charge in [0.1, 0.15) is 6.04 Å². The van der Waals surface area contributed by atoms with Crippen LogP contribution in [0.3, 0.4) is 0 Å². The van der Waals surface area contributed by atoms with E-state index < -0.39 is 26.3 Å². The molecule has 0 saturated heterocycles. The third kappa shape index (κ3) is 13.7. The third-order valence-corrected chi connectivity index (χ3v) is 5.52. The number of nitrogens with zero attached hydrogens (tertiary/aromatic N) is 1. The van der Waals surface area contributed by atoms with Crippen molar-refractivity contribution in [3.8, 4) is 0 Å². The number of benzene rings is 2. The molecular formula is C21H32N2O8S2. The van der Waals surface area contributed by atoms with Crippen LogP contribution in [0, 0.1) is 13.8 Å². The average Bonchev–Trinajstić information content (AvgIpc) is 2.68. The van der Waals surface area contributed by atoms with Crippen molar-refractivity contribution in [2.45, 2.75) is 36.6 Å². The number of carbonyl (C=O) groups is 1. The van der Waals surface area contributed by atoms with Gasteiger partial charge in [-0.05, 0) is 59.1 Å². The van der Waals surface area contributed by atoms with E-state index in [4.69, 9.17) is 19.6 Å². The van der Waals surface area contributed by atoms with Gasteiger partial charge in [-0.2, -0.15) is 16.8 Å². The molecule has 12 heteroatoms. The highest BCUT2D eigenvalue weighted by Crippen LogP contribution is 2.09. The minimum absolute atomic E-state index is 0.0666. The van der Waals surface area contributed by atoms with Gasteiger partial charge in [-0.15, -0.1) is 0 Å². The van der Waals surface area contributed by atoms with Crippen molar-refractivity contribution >= 4 is 26.2 Å². The van der Waals surface area contributed by atoms with Crippen LogP contribution < -0.4 is 5.73 Å². The van der Waals surface area contributed by atoms with E-state index in [2.05, 4.69) is 0 Å². The highest BCUT2D eigenvalue weighted by atomic mass is 32.2. The molecule has 33 heavy (non-hydrogen) atoms. The summed E-state index contributed by atoms with van der Waals surface area (Å²) in [5.41, 5.74) is 7.40. The fraction of sp³-hybridized carbons (Fsp3) is 0.381. The molecule has 0 spiro atoms. The first kappa shape index (κ1) is 30.7. The highest BCUT2D eigenvalue weighted by molar-refractivity contribution is 7.86. The van der Waals surface area contributed by atoms with Crippen LogP contribution in [0.5, 0.6) is 0 Å². The number of hydrogen-bond donors (Lipinski definition) is 3. The molecule has 0 heterocycles. The van der Waals surface area contributed by atoms with E-state index in [-0.39, 0.29) is 15.8 Å². The van der Waals surface area contributed by atoms with Gasteiger partial charge in [0.2, 0.25) is 0 Å². The predicted molar refractivity (Wildman–Crippen MR) is 125 cm³/mol. The zero-order chi connectivity index (χ0) is 25.8. The standard InChI is InChI=1S/C7H16N2O2.2C7H8O3S/c1-4-11-7(10)6(8)5-9(2)3;2*1-6-2-4-7(5-3-6)11(8,9)10/h6H,4-5,8H2,1-3H3;2*2-5H,1H3,(H,8,9,10). The van der Waals surface area contributed by atoms with E-state index in [1.807, 2.05) is 32.8 Å². The summed E-state index contributed by atoms with van der Waals surface area (Å²) in [7, 11) is -4.32. The molecule has 0 radical (unpaired) electrons. The zero-order valence-electron chi connectivity index (χ0n) is 19.3. The van der Waals surface area contributed by atoms with Gasteiger partial charge in [0.05, 0.1) is 16.4 Å². The lowest BCUT2D eigenvalue weighted by atomic mass is 10.2. The first-order valence-electron chi connectivity index (χ1n) is 9.73. The summed E-state index contributed by atoms with van der Waals surface area (Å²) < 4.78 is 63.8. The van der Waals surface area contributed by atoms with E-state index in [1.54, 1.807) is 31.2 Å². The number of esters is 1. The Bertz CT molecular complexity index is 993. The summed E-state index contributed by atoms with van der Waals surface area (Å²) >= 11 is 0. The minimum Gasteiger partial charge on any atom is -0.465 e. The highest BCUT2D eigenvalue weighted by Gasteiger charge is 2.14. The monoisotopic (exact) mass is 504 g/mol. The van der Waals surface area contributed by atoms with Crippen LogP contribution in [0.4, 0.5) is 0 Å². The summed E-state index contributed by atoms with van der Waals surface area (Å²) in [6.45, 7) is 6.36. The predicted octanol–water partition coefficient (Wildman–Crippen LogP) is 1.92. The number of ether oxygens (including phenoxy) is 1. The number of hydrogen-bond acceptors (Lipinski definition) is 8. The summed E-state index contributed by atoms with van der Waals surface area (Å²) in [6.07, 6.45) is 0. The molecule has 0 aliphatic carbocycles. The molecule has 2 aromatic carbocycles. The minimum atomic E-state index is -4.02. The van der Waals surface area contributed by atoms with Gasteiger partial charge in [-0.25, -0.2) is 0 Å². The Labute approximate surface area is 195 Å². The van der Waals surface area contributed by atoms with Crippen LogP contribution in [0.15, 0.2) is 58.3 Å². The fourth-order valence-electron chi connectivity index (χ4n) is 2.14. The average molecular weight is 505 g/mol. The summed E-state index contributed by atoms with van der Waals surface area (Å²) in [4.78, 5) is 12.6. The molecule has 2 aromatic rings. The lowest BCUT2D eigenvalue weighted by Gasteiger charge is -2.14. The Kier molecular flexibility index (Phi) is 13.0. The second-order valence-electron chi connectivity index (χ2n) is 7.20. The third-order valence-electron chi connectivity index (χ3n) is 3.79. The number of rotatable bonds is 6. The van der Waals surface area contributed by atoms with Crippen molar-refractivity contribution in [1.29, 1.82) is 0 Å². The quantitative estimate of drug-likeness (QED) is 0.391. The van der Waals surface area contributed by atoms with E-state index in [1.165, 1.54) is 24.3 Å². The van der Waals surface area contributed by atoms with E-state index in [0.29, 0.717) is 13.2 Å². The molecule has 10 nitrogen and oxygen atoms in total. The van der Waals surface area contributed by atoms with Crippen LogP contribution in [0.1, 0.15) is 18.1 Å². The normalized spacial score (nSPS) is 12.0. The molecule has 2 rings (SSSR count). The summed E-state index contributed by atoms with van der Waals surface area (Å²) in [6, 6.07) is 11.5. The van der Waals surface area contributed by atoms with Crippen molar-refractivity contribution in [3.63, 3.8) is 0 Å². The van der Waals surface area contributed by atoms with Gasteiger partial charge in [0.25, 0.3) is 20.2 Å². The van der Waals surface area contributed by atoms with Crippen molar-refractivity contribution < 1.29 is 35.5 Å². The Balaban J connectivity index is 0.000000465. The van der Waals surface area contributed by atoms with Gasteiger partial charge in [-0.1, -0.05) is 35.4 Å². The molecule has 0 saturated carbocycles. The van der Waals surface area contributed by atoms with Crippen LogP contribution in [-0.2, 0) is 29.8 Å². The van der Waals surface area contributed by atoms with Gasteiger partial charge >= 0.3 is 5.97 Å². The molecule has 0 aromatic heterocycles. The largest absolute Gasteiger partial charge is 0.465 e. The van der Waals surface area contributed by atoms with Gasteiger partial charge < -0.3 is 15.4 Å². The summed E-state index contributed by atoms with van der Waals surface area (Å²) in [5.74, 6) is -0.332. The maximum atomic E-state index is 10.9. The van der Waals surface area contributed by atoms with Crippen LogP contribution >= 0.6 is 0 Å². The van der Waals surface area contributed by atoms with Crippen LogP contribution in [0.25, 0.3) is 0 Å². The van der Waals surface area contributed by atoms with E-state index in [0.717, 1.165) is 11.1 Å². The molecular weight excluding hydrogens is 472 g/mol. The maximum Gasteiger partial charge on any atom is 0.324 e. The number of likely N-dealkylation sites (N-methyl/N-ethyl adjacent to an activating group) is 1. The molecule has 186 valence electrons. The first-order chi connectivity index (χ1) is 15.1. The van der Waals surface area contributed by atoms with E-state index >= 15 is 0 Å². The van der Waals surface area contributed by atoms with Gasteiger partial charge in [0.15, 0.2) is 0 Å². The molecule has 0 bridgehead atoms. The van der Waals surface area contributed by atoms with Crippen molar-refractivity contribution in [1.82, 2.24) is 4.90 Å². The van der Waals surface area contributed by atoms with Crippen molar-refractivity contribution in [3.05, 3.63) is 59.7 Å². The number of nitrogens with two attached hydrogens (primary N) is 1. The molecule has 1 atom stereocenters. The lowest BCUT2D eigenvalue weighted by molar-refractivity contribution is -0.145. The topological polar surface area (TPSA) is 164 Å². The van der Waals surface area contributed by atoms with Crippen molar-refractivity contribution in [2.24, 2.45) is 5.73 Å². The maximum absolute atomic E-state index is 10.9. The van der Waals surface area contributed by atoms with E-state index in [9.17, 15) is 21.6 Å². The molecule has 0 aliphatic heterocycles. The molecule has 1 unspecified atom stereocenters. The second kappa shape index (κ2) is 14.0. The van der Waals surface area contributed by atoms with Gasteiger partial charge in [0, 0.05) is 6.54 Å². The number of aryl methyl sites for hydroxylation is 2.